The normalized spacial score (nSPS) is 21.3. The van der Waals surface area contributed by atoms with E-state index in [-0.39, 0.29) is 0 Å². The van der Waals surface area contributed by atoms with Gasteiger partial charge in [0.15, 0.2) is 5.15 Å². The first-order valence-electron chi connectivity index (χ1n) is 5.28. The zero-order valence-electron chi connectivity index (χ0n) is 8.54. The van der Waals surface area contributed by atoms with Gasteiger partial charge >= 0.3 is 0 Å². The molecule has 0 amide bonds. The number of rotatable bonds is 3. The van der Waals surface area contributed by atoms with Crippen molar-refractivity contribution in [3.63, 3.8) is 0 Å². The Morgan fingerprint density at radius 2 is 2.40 bits per heavy atom. The predicted molar refractivity (Wildman–Crippen MR) is 61.1 cm³/mol. The van der Waals surface area contributed by atoms with Gasteiger partial charge in [-0.15, -0.1) is 10.2 Å². The van der Waals surface area contributed by atoms with Crippen molar-refractivity contribution in [2.24, 2.45) is 5.92 Å². The van der Waals surface area contributed by atoms with Crippen molar-refractivity contribution in [1.82, 2.24) is 15.5 Å². The van der Waals surface area contributed by atoms with E-state index < -0.39 is 0 Å². The summed E-state index contributed by atoms with van der Waals surface area (Å²) in [7, 11) is 0. The quantitative estimate of drug-likeness (QED) is 0.821. The Morgan fingerprint density at radius 3 is 3.07 bits per heavy atom. The highest BCUT2D eigenvalue weighted by molar-refractivity contribution is 6.29. The van der Waals surface area contributed by atoms with Crippen molar-refractivity contribution >= 4 is 17.4 Å². The van der Waals surface area contributed by atoms with Crippen LogP contribution in [0.4, 0.5) is 5.82 Å². The number of piperidine rings is 1. The van der Waals surface area contributed by atoms with E-state index in [1.54, 1.807) is 6.07 Å². The van der Waals surface area contributed by atoms with Crippen molar-refractivity contribution in [2.75, 3.05) is 25.0 Å². The van der Waals surface area contributed by atoms with Gasteiger partial charge in [0.05, 0.1) is 0 Å². The minimum Gasteiger partial charge on any atom is -0.368 e. The fraction of sp³-hybridized carbons (Fsp3) is 0.600. The minimum atomic E-state index is 0.430. The van der Waals surface area contributed by atoms with Crippen LogP contribution in [0.2, 0.25) is 5.15 Å². The first kappa shape index (κ1) is 10.6. The van der Waals surface area contributed by atoms with E-state index in [2.05, 4.69) is 20.8 Å². The molecule has 2 N–H and O–H groups in total. The lowest BCUT2D eigenvalue weighted by Gasteiger charge is -2.22. The van der Waals surface area contributed by atoms with Gasteiger partial charge < -0.3 is 10.6 Å². The maximum absolute atomic E-state index is 5.65. The third-order valence-electron chi connectivity index (χ3n) is 2.60. The maximum Gasteiger partial charge on any atom is 0.151 e. The van der Waals surface area contributed by atoms with Crippen LogP contribution in [0.5, 0.6) is 0 Å². The molecule has 2 rings (SSSR count). The van der Waals surface area contributed by atoms with Crippen LogP contribution in [0, 0.1) is 5.92 Å². The maximum atomic E-state index is 5.65. The number of anilines is 1. The van der Waals surface area contributed by atoms with E-state index >= 15 is 0 Å². The molecule has 1 fully saturated rings. The molecule has 82 valence electrons. The molecule has 1 aliphatic rings. The van der Waals surface area contributed by atoms with Crippen LogP contribution in [0.25, 0.3) is 0 Å². The molecule has 0 bridgehead atoms. The van der Waals surface area contributed by atoms with Crippen molar-refractivity contribution in [2.45, 2.75) is 12.8 Å². The van der Waals surface area contributed by atoms with Crippen LogP contribution in [-0.4, -0.2) is 29.8 Å². The number of nitrogens with one attached hydrogen (secondary N) is 2. The Kier molecular flexibility index (Phi) is 3.75. The van der Waals surface area contributed by atoms with Gasteiger partial charge in [-0.3, -0.25) is 0 Å². The third-order valence-corrected chi connectivity index (χ3v) is 2.80. The molecule has 4 nitrogen and oxygen atoms in total. The van der Waals surface area contributed by atoms with Crippen LogP contribution in [-0.2, 0) is 0 Å². The molecule has 0 aromatic carbocycles. The van der Waals surface area contributed by atoms with Gasteiger partial charge in [0.25, 0.3) is 0 Å². The van der Waals surface area contributed by atoms with E-state index in [9.17, 15) is 0 Å². The number of hydrogen-bond donors (Lipinski definition) is 2. The van der Waals surface area contributed by atoms with Gasteiger partial charge in [-0.2, -0.15) is 0 Å². The van der Waals surface area contributed by atoms with Crippen molar-refractivity contribution < 1.29 is 0 Å². The lowest BCUT2D eigenvalue weighted by Crippen LogP contribution is -2.33. The van der Waals surface area contributed by atoms with Crippen LogP contribution in [0.1, 0.15) is 12.8 Å². The molecule has 2 heterocycles. The Balaban J connectivity index is 1.79. The Hall–Kier alpha value is -0.870. The van der Waals surface area contributed by atoms with Crippen LogP contribution < -0.4 is 10.6 Å². The lowest BCUT2D eigenvalue weighted by atomic mass is 10.00. The highest BCUT2D eigenvalue weighted by atomic mass is 35.5. The van der Waals surface area contributed by atoms with Crippen LogP contribution >= 0.6 is 11.6 Å². The molecular formula is C10H15ClN4. The fourth-order valence-electron chi connectivity index (χ4n) is 1.76. The molecule has 1 aliphatic heterocycles. The number of aromatic nitrogens is 2. The van der Waals surface area contributed by atoms with Gasteiger partial charge in [-0.25, -0.2) is 0 Å². The summed E-state index contributed by atoms with van der Waals surface area (Å²) in [5, 5.41) is 14.8. The van der Waals surface area contributed by atoms with Crippen molar-refractivity contribution in [3.8, 4) is 0 Å². The highest BCUT2D eigenvalue weighted by Gasteiger charge is 2.12. The molecule has 1 atom stereocenters. The molecule has 0 aliphatic carbocycles. The molecule has 5 heteroatoms. The van der Waals surface area contributed by atoms with Crippen molar-refractivity contribution in [1.29, 1.82) is 0 Å². The highest BCUT2D eigenvalue weighted by Crippen LogP contribution is 2.11. The topological polar surface area (TPSA) is 49.8 Å². The molecule has 0 spiro atoms. The van der Waals surface area contributed by atoms with E-state index in [0.29, 0.717) is 11.1 Å². The number of halogens is 1. The standard InChI is InChI=1S/C10H15ClN4/c11-9-3-4-10(15-14-9)13-7-8-2-1-5-12-6-8/h3-4,8,12H,1-2,5-7H2,(H,13,15)/t8-/m1/s1. The fourth-order valence-corrected chi connectivity index (χ4v) is 1.86. The molecule has 1 aromatic rings. The van der Waals surface area contributed by atoms with Gasteiger partial charge in [0.2, 0.25) is 0 Å². The van der Waals surface area contributed by atoms with Gasteiger partial charge in [-0.05, 0) is 44.0 Å². The second kappa shape index (κ2) is 5.28. The van der Waals surface area contributed by atoms with Gasteiger partial charge in [0, 0.05) is 6.54 Å². The summed E-state index contributed by atoms with van der Waals surface area (Å²) < 4.78 is 0. The van der Waals surface area contributed by atoms with Crippen molar-refractivity contribution in [3.05, 3.63) is 17.3 Å². The molecular weight excluding hydrogens is 212 g/mol. The zero-order chi connectivity index (χ0) is 10.5. The summed E-state index contributed by atoms with van der Waals surface area (Å²) >= 11 is 5.65. The summed E-state index contributed by atoms with van der Waals surface area (Å²) in [6.45, 7) is 3.19. The first-order valence-corrected chi connectivity index (χ1v) is 5.66. The minimum absolute atomic E-state index is 0.430. The number of hydrogen-bond acceptors (Lipinski definition) is 4. The summed E-state index contributed by atoms with van der Waals surface area (Å²) in [6.07, 6.45) is 2.54. The number of nitrogens with zero attached hydrogens (tertiary/aromatic N) is 2. The molecule has 0 radical (unpaired) electrons. The first-order chi connectivity index (χ1) is 7.34. The average Bonchev–Trinajstić information content (AvgIpc) is 2.30. The average molecular weight is 227 g/mol. The summed E-state index contributed by atoms with van der Waals surface area (Å²) in [5.41, 5.74) is 0. The zero-order valence-corrected chi connectivity index (χ0v) is 9.30. The summed E-state index contributed by atoms with van der Waals surface area (Å²) in [6, 6.07) is 3.60. The Bertz CT molecular complexity index is 295. The monoisotopic (exact) mass is 226 g/mol. The Morgan fingerprint density at radius 1 is 1.47 bits per heavy atom. The van der Waals surface area contributed by atoms with E-state index in [0.717, 1.165) is 25.5 Å². The summed E-state index contributed by atoms with van der Waals surface area (Å²) in [5.74, 6) is 1.49. The van der Waals surface area contributed by atoms with E-state index in [4.69, 9.17) is 11.6 Å². The molecule has 15 heavy (non-hydrogen) atoms. The third kappa shape index (κ3) is 3.32. The SMILES string of the molecule is Clc1ccc(NC[C@@H]2CCCNC2)nn1. The smallest absolute Gasteiger partial charge is 0.151 e. The Labute approximate surface area is 94.4 Å². The molecule has 1 aromatic heterocycles. The van der Waals surface area contributed by atoms with Crippen LogP contribution in [0.3, 0.4) is 0 Å². The van der Waals surface area contributed by atoms with Crippen LogP contribution in [0.15, 0.2) is 12.1 Å². The van der Waals surface area contributed by atoms with Gasteiger partial charge in [0.1, 0.15) is 5.82 Å². The molecule has 1 saturated heterocycles. The summed E-state index contributed by atoms with van der Waals surface area (Å²) in [4.78, 5) is 0. The van der Waals surface area contributed by atoms with E-state index in [1.807, 2.05) is 6.07 Å². The predicted octanol–water partition coefficient (Wildman–Crippen LogP) is 1.54. The molecule has 0 saturated carbocycles. The second-order valence-corrected chi connectivity index (χ2v) is 4.22. The molecule has 0 unspecified atom stereocenters. The lowest BCUT2D eigenvalue weighted by molar-refractivity contribution is 0.392. The largest absolute Gasteiger partial charge is 0.368 e. The second-order valence-electron chi connectivity index (χ2n) is 3.83. The van der Waals surface area contributed by atoms with Gasteiger partial charge in [-0.1, -0.05) is 11.6 Å². The van der Waals surface area contributed by atoms with E-state index in [1.165, 1.54) is 12.8 Å².